The van der Waals surface area contributed by atoms with E-state index in [1.807, 2.05) is 24.3 Å². The van der Waals surface area contributed by atoms with Crippen molar-refractivity contribution in [2.24, 2.45) is 0 Å². The number of benzene rings is 1. The Labute approximate surface area is 104 Å². The summed E-state index contributed by atoms with van der Waals surface area (Å²) in [5.41, 5.74) is 0.821. The molecule has 1 rings (SSSR count). The molecule has 0 amide bonds. The number of hydrogen-bond acceptors (Lipinski definition) is 2. The van der Waals surface area contributed by atoms with Gasteiger partial charge in [0.1, 0.15) is 6.10 Å². The summed E-state index contributed by atoms with van der Waals surface area (Å²) >= 11 is 2.18. The van der Waals surface area contributed by atoms with Gasteiger partial charge in [-0.05, 0) is 40.6 Å². The predicted octanol–water partition coefficient (Wildman–Crippen LogP) is 2.88. The van der Waals surface area contributed by atoms with Gasteiger partial charge in [0.25, 0.3) is 0 Å². The fourth-order valence-electron chi connectivity index (χ4n) is 1.49. The van der Waals surface area contributed by atoms with E-state index in [0.29, 0.717) is 6.42 Å². The van der Waals surface area contributed by atoms with Crippen molar-refractivity contribution in [3.63, 3.8) is 0 Å². The van der Waals surface area contributed by atoms with Crippen LogP contribution in [-0.2, 0) is 0 Å². The lowest BCUT2D eigenvalue weighted by molar-refractivity contribution is 0.0118. The molecule has 0 aromatic heterocycles. The van der Waals surface area contributed by atoms with Crippen LogP contribution in [0.15, 0.2) is 24.3 Å². The Morgan fingerprint density at radius 1 is 1.27 bits per heavy atom. The largest absolute Gasteiger partial charge is 0.390 e. The number of unbranched alkanes of at least 4 members (excludes halogenated alkanes) is 1. The molecule has 0 aliphatic carbocycles. The summed E-state index contributed by atoms with van der Waals surface area (Å²) in [6.45, 7) is 2.07. The van der Waals surface area contributed by atoms with Crippen molar-refractivity contribution in [2.75, 3.05) is 0 Å². The zero-order valence-electron chi connectivity index (χ0n) is 8.86. The van der Waals surface area contributed by atoms with Crippen LogP contribution in [0, 0.1) is 3.57 Å². The minimum atomic E-state index is -0.760. The van der Waals surface area contributed by atoms with Crippen LogP contribution in [0.2, 0.25) is 0 Å². The highest BCUT2D eigenvalue weighted by Gasteiger charge is 2.19. The highest BCUT2D eigenvalue weighted by Crippen LogP contribution is 2.24. The third-order valence-corrected chi connectivity index (χ3v) is 3.42. The van der Waals surface area contributed by atoms with Crippen LogP contribution in [0.25, 0.3) is 0 Å². The van der Waals surface area contributed by atoms with Crippen molar-refractivity contribution in [3.05, 3.63) is 33.4 Å². The first-order valence-electron chi connectivity index (χ1n) is 5.27. The summed E-state index contributed by atoms with van der Waals surface area (Å²) in [6, 6.07) is 7.61. The van der Waals surface area contributed by atoms with E-state index in [0.717, 1.165) is 22.0 Å². The fourth-order valence-corrected chi connectivity index (χ4v) is 2.20. The molecule has 1 aromatic carbocycles. The van der Waals surface area contributed by atoms with Gasteiger partial charge >= 0.3 is 0 Å². The molecule has 0 saturated carbocycles. The topological polar surface area (TPSA) is 40.5 Å². The lowest BCUT2D eigenvalue weighted by atomic mass is 10.0. The predicted molar refractivity (Wildman–Crippen MR) is 69.7 cm³/mol. The van der Waals surface area contributed by atoms with Gasteiger partial charge in [-0.15, -0.1) is 0 Å². The summed E-state index contributed by atoms with van der Waals surface area (Å²) in [4.78, 5) is 0. The molecule has 0 spiro atoms. The van der Waals surface area contributed by atoms with Crippen LogP contribution in [-0.4, -0.2) is 16.3 Å². The van der Waals surface area contributed by atoms with Gasteiger partial charge in [-0.3, -0.25) is 0 Å². The molecule has 0 radical (unpaired) electrons. The molecule has 3 heteroatoms. The highest BCUT2D eigenvalue weighted by atomic mass is 127. The van der Waals surface area contributed by atoms with Crippen molar-refractivity contribution in [2.45, 2.75) is 38.4 Å². The first-order chi connectivity index (χ1) is 7.16. The Bertz CT molecular complexity index is 301. The summed E-state index contributed by atoms with van der Waals surface area (Å²) in [7, 11) is 0. The molecule has 0 bridgehead atoms. The summed E-state index contributed by atoms with van der Waals surface area (Å²) in [5.74, 6) is 0. The minimum absolute atomic E-state index is 0.652. The molecule has 0 aliphatic heterocycles. The van der Waals surface area contributed by atoms with E-state index >= 15 is 0 Å². The van der Waals surface area contributed by atoms with Crippen LogP contribution in [0.3, 0.4) is 0 Å². The van der Waals surface area contributed by atoms with Crippen LogP contribution in [0.4, 0.5) is 0 Å². The normalized spacial score (nSPS) is 14.9. The van der Waals surface area contributed by atoms with E-state index in [1.165, 1.54) is 0 Å². The van der Waals surface area contributed by atoms with Crippen molar-refractivity contribution >= 4 is 22.6 Å². The third kappa shape index (κ3) is 3.74. The summed E-state index contributed by atoms with van der Waals surface area (Å²) in [5, 5.41) is 19.7. The zero-order valence-corrected chi connectivity index (χ0v) is 11.0. The van der Waals surface area contributed by atoms with Crippen molar-refractivity contribution in [3.8, 4) is 0 Å². The van der Waals surface area contributed by atoms with Crippen LogP contribution >= 0.6 is 22.6 Å². The van der Waals surface area contributed by atoms with Crippen LogP contribution < -0.4 is 0 Å². The molecule has 1 unspecified atom stereocenters. The molecule has 0 saturated heterocycles. The maximum absolute atomic E-state index is 9.94. The van der Waals surface area contributed by atoms with Gasteiger partial charge < -0.3 is 10.2 Å². The molecule has 0 heterocycles. The van der Waals surface area contributed by atoms with E-state index < -0.39 is 12.2 Å². The Morgan fingerprint density at radius 2 is 1.93 bits per heavy atom. The SMILES string of the molecule is CCCCC(O)[C@@H](O)c1ccccc1I. The molecule has 2 nitrogen and oxygen atoms in total. The quantitative estimate of drug-likeness (QED) is 0.819. The van der Waals surface area contributed by atoms with Gasteiger partial charge in [0.05, 0.1) is 6.10 Å². The molecule has 1 aromatic rings. The molecular formula is C12H17IO2. The average molecular weight is 320 g/mol. The standard InChI is InChI=1S/C12H17IO2/c1-2-3-8-11(14)12(15)9-6-4-5-7-10(9)13/h4-7,11-12,14-15H,2-3,8H2,1H3/t11?,12-/m0/s1. The van der Waals surface area contributed by atoms with E-state index in [4.69, 9.17) is 0 Å². The van der Waals surface area contributed by atoms with Crippen molar-refractivity contribution < 1.29 is 10.2 Å². The number of rotatable bonds is 5. The second-order valence-electron chi connectivity index (χ2n) is 3.68. The van der Waals surface area contributed by atoms with Gasteiger partial charge in [0.15, 0.2) is 0 Å². The lowest BCUT2D eigenvalue weighted by Crippen LogP contribution is -2.18. The molecule has 0 fully saturated rings. The van der Waals surface area contributed by atoms with Gasteiger partial charge in [-0.25, -0.2) is 0 Å². The average Bonchev–Trinajstić information content (AvgIpc) is 2.25. The number of aliphatic hydroxyl groups excluding tert-OH is 2. The van der Waals surface area contributed by atoms with Gasteiger partial charge in [-0.2, -0.15) is 0 Å². The second-order valence-corrected chi connectivity index (χ2v) is 4.84. The fraction of sp³-hybridized carbons (Fsp3) is 0.500. The minimum Gasteiger partial charge on any atom is -0.390 e. The van der Waals surface area contributed by atoms with Crippen molar-refractivity contribution in [1.29, 1.82) is 0 Å². The van der Waals surface area contributed by atoms with Crippen LogP contribution in [0.1, 0.15) is 37.9 Å². The van der Waals surface area contributed by atoms with Crippen molar-refractivity contribution in [1.82, 2.24) is 0 Å². The first-order valence-corrected chi connectivity index (χ1v) is 6.35. The maximum Gasteiger partial charge on any atom is 0.106 e. The monoisotopic (exact) mass is 320 g/mol. The number of hydrogen-bond donors (Lipinski definition) is 2. The Balaban J connectivity index is 2.67. The summed E-state index contributed by atoms with van der Waals surface area (Å²) in [6.07, 6.45) is 1.23. The van der Waals surface area contributed by atoms with Gasteiger partial charge in [0, 0.05) is 3.57 Å². The Hall–Kier alpha value is -0.130. The van der Waals surface area contributed by atoms with E-state index in [2.05, 4.69) is 29.5 Å². The number of halogens is 1. The number of aliphatic hydroxyl groups is 2. The van der Waals surface area contributed by atoms with E-state index in [1.54, 1.807) is 0 Å². The van der Waals surface area contributed by atoms with E-state index in [9.17, 15) is 10.2 Å². The lowest BCUT2D eigenvalue weighted by Gasteiger charge is -2.18. The maximum atomic E-state index is 9.94. The molecule has 0 aliphatic rings. The molecular weight excluding hydrogens is 303 g/mol. The summed E-state index contributed by atoms with van der Waals surface area (Å²) < 4.78 is 0.998. The van der Waals surface area contributed by atoms with Crippen LogP contribution in [0.5, 0.6) is 0 Å². The molecule has 15 heavy (non-hydrogen) atoms. The molecule has 2 atom stereocenters. The molecule has 84 valence electrons. The molecule has 2 N–H and O–H groups in total. The van der Waals surface area contributed by atoms with E-state index in [-0.39, 0.29) is 0 Å². The zero-order chi connectivity index (χ0) is 11.3. The Morgan fingerprint density at radius 3 is 2.53 bits per heavy atom. The first kappa shape index (κ1) is 12.9. The Kier molecular flexibility index (Phi) is 5.56. The van der Waals surface area contributed by atoms with Gasteiger partial charge in [-0.1, -0.05) is 38.0 Å². The second kappa shape index (κ2) is 6.45. The highest BCUT2D eigenvalue weighted by molar-refractivity contribution is 14.1. The third-order valence-electron chi connectivity index (χ3n) is 2.44. The smallest absolute Gasteiger partial charge is 0.106 e. The van der Waals surface area contributed by atoms with Gasteiger partial charge in [0.2, 0.25) is 0 Å².